The Kier molecular flexibility index (Phi) is 6.74. The molecular formula is C16H20BrNO3S. The van der Waals surface area contributed by atoms with Crippen molar-refractivity contribution < 1.29 is 13.2 Å². The first-order chi connectivity index (χ1) is 10.6. The number of hydrogen-bond acceptors (Lipinski definition) is 3. The monoisotopic (exact) mass is 385 g/mol. The van der Waals surface area contributed by atoms with E-state index >= 15 is 0 Å². The molecule has 120 valence electrons. The zero-order chi connectivity index (χ0) is 15.8. The Morgan fingerprint density at radius 3 is 2.73 bits per heavy atom. The van der Waals surface area contributed by atoms with Crippen LogP contribution in [-0.4, -0.2) is 26.8 Å². The predicted octanol–water partition coefficient (Wildman–Crippen LogP) is 3.08. The van der Waals surface area contributed by atoms with Crippen molar-refractivity contribution >= 4 is 26.0 Å². The van der Waals surface area contributed by atoms with Gasteiger partial charge in [0.25, 0.3) is 0 Å². The summed E-state index contributed by atoms with van der Waals surface area (Å²) in [7, 11) is -3.23. The van der Waals surface area contributed by atoms with Gasteiger partial charge in [-0.15, -0.1) is 0 Å². The van der Waals surface area contributed by atoms with Crippen LogP contribution in [-0.2, 0) is 10.0 Å². The van der Waals surface area contributed by atoms with Crippen molar-refractivity contribution in [2.45, 2.75) is 37.4 Å². The largest absolute Gasteiger partial charge is 0.481 e. The molecule has 0 spiro atoms. The van der Waals surface area contributed by atoms with E-state index in [1.807, 2.05) is 24.3 Å². The van der Waals surface area contributed by atoms with Crippen molar-refractivity contribution in [3.63, 3.8) is 0 Å². The minimum Gasteiger partial charge on any atom is -0.481 e. The molecule has 1 aliphatic rings. The second-order valence-electron chi connectivity index (χ2n) is 5.23. The Hall–Kier alpha value is -1.03. The Morgan fingerprint density at radius 2 is 2.00 bits per heavy atom. The molecule has 1 aliphatic carbocycles. The van der Waals surface area contributed by atoms with Gasteiger partial charge in [0.1, 0.15) is 12.4 Å². The summed E-state index contributed by atoms with van der Waals surface area (Å²) in [4.78, 5) is 0. The zero-order valence-electron chi connectivity index (χ0n) is 12.3. The number of benzene rings is 1. The fourth-order valence-corrected chi connectivity index (χ4v) is 4.26. The van der Waals surface area contributed by atoms with Crippen LogP contribution in [0.4, 0.5) is 0 Å². The summed E-state index contributed by atoms with van der Waals surface area (Å²) < 4.78 is 33.1. The predicted molar refractivity (Wildman–Crippen MR) is 91.2 cm³/mol. The van der Waals surface area contributed by atoms with Crippen LogP contribution in [0.5, 0.6) is 5.75 Å². The molecule has 0 heterocycles. The van der Waals surface area contributed by atoms with Gasteiger partial charge in [-0.05, 0) is 31.0 Å². The number of ether oxygens (including phenoxy) is 1. The van der Waals surface area contributed by atoms with Crippen LogP contribution >= 0.6 is 15.9 Å². The molecule has 0 aliphatic heterocycles. The van der Waals surface area contributed by atoms with Crippen LogP contribution in [0.15, 0.2) is 28.7 Å². The third kappa shape index (κ3) is 5.64. The summed E-state index contributed by atoms with van der Waals surface area (Å²) in [6.07, 6.45) is 4.65. The molecule has 1 saturated carbocycles. The van der Waals surface area contributed by atoms with E-state index in [1.165, 1.54) is 0 Å². The van der Waals surface area contributed by atoms with E-state index < -0.39 is 10.0 Å². The molecule has 0 atom stereocenters. The molecule has 0 saturated heterocycles. The number of sulfonamides is 1. The summed E-state index contributed by atoms with van der Waals surface area (Å²) in [5.41, 5.74) is 0. The van der Waals surface area contributed by atoms with E-state index in [2.05, 4.69) is 32.5 Å². The molecule has 0 aromatic heterocycles. The van der Waals surface area contributed by atoms with Gasteiger partial charge in [-0.3, -0.25) is 0 Å². The summed E-state index contributed by atoms with van der Waals surface area (Å²) >= 11 is 3.36. The van der Waals surface area contributed by atoms with Crippen molar-refractivity contribution in [2.75, 3.05) is 13.2 Å². The molecule has 1 N–H and O–H groups in total. The quantitative estimate of drug-likeness (QED) is 0.792. The van der Waals surface area contributed by atoms with Crippen molar-refractivity contribution in [3.05, 3.63) is 28.7 Å². The van der Waals surface area contributed by atoms with Gasteiger partial charge in [0.2, 0.25) is 10.0 Å². The van der Waals surface area contributed by atoms with Crippen LogP contribution in [0.25, 0.3) is 0 Å². The van der Waals surface area contributed by atoms with Crippen LogP contribution in [0.2, 0.25) is 0 Å². The molecule has 4 nitrogen and oxygen atoms in total. The molecule has 0 amide bonds. The molecule has 22 heavy (non-hydrogen) atoms. The minimum atomic E-state index is -3.23. The highest BCUT2D eigenvalue weighted by atomic mass is 79.9. The molecule has 1 aromatic carbocycles. The SMILES string of the molecule is O=S(=O)(NCC#CCOc1cccc(Br)c1)C1CCCCC1. The van der Waals surface area contributed by atoms with Gasteiger partial charge in [0.05, 0.1) is 11.8 Å². The normalized spacial score (nSPS) is 15.9. The van der Waals surface area contributed by atoms with Gasteiger partial charge >= 0.3 is 0 Å². The summed E-state index contributed by atoms with van der Waals surface area (Å²) in [6, 6.07) is 7.50. The lowest BCUT2D eigenvalue weighted by Crippen LogP contribution is -2.35. The smallest absolute Gasteiger partial charge is 0.215 e. The molecular weight excluding hydrogens is 366 g/mol. The lowest BCUT2D eigenvalue weighted by atomic mass is 10.0. The average Bonchev–Trinajstić information content (AvgIpc) is 2.52. The number of nitrogens with one attached hydrogen (secondary N) is 1. The third-order valence-electron chi connectivity index (χ3n) is 3.58. The molecule has 0 bridgehead atoms. The van der Waals surface area contributed by atoms with Crippen LogP contribution < -0.4 is 9.46 Å². The summed E-state index contributed by atoms with van der Waals surface area (Å²) in [5, 5.41) is -0.249. The van der Waals surface area contributed by atoms with Crippen molar-refractivity contribution in [1.29, 1.82) is 0 Å². The standard InChI is InChI=1S/C16H20BrNO3S/c17-14-7-6-8-15(13-14)21-12-5-4-11-18-22(19,20)16-9-2-1-3-10-16/h6-8,13,16,18H,1-3,9-12H2. The van der Waals surface area contributed by atoms with E-state index in [9.17, 15) is 8.42 Å². The molecule has 0 radical (unpaired) electrons. The lowest BCUT2D eigenvalue weighted by Gasteiger charge is -2.21. The first-order valence-corrected chi connectivity index (χ1v) is 9.74. The van der Waals surface area contributed by atoms with E-state index in [4.69, 9.17) is 4.74 Å². The fourth-order valence-electron chi connectivity index (χ4n) is 2.42. The molecule has 0 unspecified atom stereocenters. The maximum Gasteiger partial charge on any atom is 0.215 e. The van der Waals surface area contributed by atoms with Gasteiger partial charge in [-0.1, -0.05) is 53.1 Å². The molecule has 1 aromatic rings. The lowest BCUT2D eigenvalue weighted by molar-refractivity contribution is 0.370. The highest BCUT2D eigenvalue weighted by Gasteiger charge is 2.26. The van der Waals surface area contributed by atoms with Gasteiger partial charge in [0, 0.05) is 4.47 Å². The van der Waals surface area contributed by atoms with Crippen molar-refractivity contribution in [2.24, 2.45) is 0 Å². The Morgan fingerprint density at radius 1 is 1.23 bits per heavy atom. The second kappa shape index (κ2) is 8.56. The van der Waals surface area contributed by atoms with Crippen LogP contribution in [0, 0.1) is 11.8 Å². The first kappa shape index (κ1) is 17.3. The zero-order valence-corrected chi connectivity index (χ0v) is 14.7. The highest BCUT2D eigenvalue weighted by Crippen LogP contribution is 2.22. The van der Waals surface area contributed by atoms with Gasteiger partial charge in [-0.2, -0.15) is 0 Å². The number of halogens is 1. The van der Waals surface area contributed by atoms with Crippen LogP contribution in [0.1, 0.15) is 32.1 Å². The van der Waals surface area contributed by atoms with E-state index in [-0.39, 0.29) is 18.4 Å². The average molecular weight is 386 g/mol. The summed E-state index contributed by atoms with van der Waals surface area (Å²) in [6.45, 7) is 0.377. The van der Waals surface area contributed by atoms with Crippen molar-refractivity contribution in [3.8, 4) is 17.6 Å². The maximum absolute atomic E-state index is 12.1. The van der Waals surface area contributed by atoms with Gasteiger partial charge in [-0.25, -0.2) is 13.1 Å². The first-order valence-electron chi connectivity index (χ1n) is 7.40. The van der Waals surface area contributed by atoms with E-state index in [1.54, 1.807) is 0 Å². The van der Waals surface area contributed by atoms with Crippen LogP contribution in [0.3, 0.4) is 0 Å². The van der Waals surface area contributed by atoms with Gasteiger partial charge in [0.15, 0.2) is 0 Å². The van der Waals surface area contributed by atoms with Gasteiger partial charge < -0.3 is 4.74 Å². The minimum absolute atomic E-state index is 0.140. The van der Waals surface area contributed by atoms with E-state index in [0.717, 1.165) is 42.3 Å². The number of hydrogen-bond donors (Lipinski definition) is 1. The molecule has 1 fully saturated rings. The Bertz CT molecular complexity index is 643. The second-order valence-corrected chi connectivity index (χ2v) is 8.19. The number of rotatable bonds is 5. The maximum atomic E-state index is 12.1. The third-order valence-corrected chi connectivity index (χ3v) is 5.97. The molecule has 2 rings (SSSR count). The highest BCUT2D eigenvalue weighted by molar-refractivity contribution is 9.10. The Labute approximate surface area is 140 Å². The van der Waals surface area contributed by atoms with E-state index in [0.29, 0.717) is 0 Å². The Balaban J connectivity index is 1.72. The topological polar surface area (TPSA) is 55.4 Å². The van der Waals surface area contributed by atoms with Crippen molar-refractivity contribution in [1.82, 2.24) is 4.72 Å². The fraction of sp³-hybridized carbons (Fsp3) is 0.500. The molecule has 6 heteroatoms. The summed E-state index contributed by atoms with van der Waals surface area (Å²) in [5.74, 6) is 6.33.